The molecule has 0 aliphatic rings. The monoisotopic (exact) mass is 356 g/mol. The zero-order valence-electron chi connectivity index (χ0n) is 15.4. The molecule has 5 heteroatoms. The lowest BCUT2D eigenvalue weighted by Crippen LogP contribution is -2.41. The van der Waals surface area contributed by atoms with Crippen LogP contribution in [0.2, 0.25) is 18.1 Å². The van der Waals surface area contributed by atoms with E-state index in [0.29, 0.717) is 18.8 Å². The molecule has 1 aromatic rings. The van der Waals surface area contributed by atoms with Crippen LogP contribution in [0.3, 0.4) is 0 Å². The predicted octanol–water partition coefficient (Wildman–Crippen LogP) is 4.27. The Morgan fingerprint density at radius 1 is 1.22 bits per heavy atom. The van der Waals surface area contributed by atoms with Gasteiger partial charge in [-0.2, -0.15) is 0 Å². The lowest BCUT2D eigenvalue weighted by atomic mass is 10.2. The van der Waals surface area contributed by atoms with Crippen molar-refractivity contribution in [3.8, 4) is 0 Å². The molecule has 1 aromatic carbocycles. The van der Waals surface area contributed by atoms with E-state index in [-0.39, 0.29) is 5.04 Å². The Morgan fingerprint density at radius 2 is 1.78 bits per heavy atom. The highest BCUT2D eigenvalue weighted by atomic mass is 32.2. The van der Waals surface area contributed by atoms with Gasteiger partial charge in [-0.1, -0.05) is 38.5 Å². The molecular formula is C18H32O3SSi. The van der Waals surface area contributed by atoms with E-state index in [0.717, 1.165) is 16.9 Å². The van der Waals surface area contributed by atoms with Gasteiger partial charge in [-0.05, 0) is 50.0 Å². The van der Waals surface area contributed by atoms with Crippen molar-refractivity contribution in [2.24, 2.45) is 0 Å². The summed E-state index contributed by atoms with van der Waals surface area (Å²) in [5, 5.41) is 10.3. The normalized spacial score (nSPS) is 15.4. The molecular weight excluding hydrogens is 324 g/mol. The number of aliphatic hydroxyl groups is 1. The summed E-state index contributed by atoms with van der Waals surface area (Å²) in [6.07, 6.45) is 0.894. The Morgan fingerprint density at radius 3 is 2.30 bits per heavy atom. The van der Waals surface area contributed by atoms with Gasteiger partial charge in [-0.15, -0.1) is 0 Å². The summed E-state index contributed by atoms with van der Waals surface area (Å²) in [7, 11) is -2.85. The Bertz CT molecular complexity index is 506. The highest BCUT2D eigenvalue weighted by molar-refractivity contribution is 7.85. The van der Waals surface area contributed by atoms with Crippen molar-refractivity contribution in [1.29, 1.82) is 0 Å². The molecule has 0 heterocycles. The Hall–Kier alpha value is -0.493. The third-order valence-electron chi connectivity index (χ3n) is 4.58. The summed E-state index contributed by atoms with van der Waals surface area (Å²) in [6.45, 7) is 13.8. The zero-order chi connectivity index (χ0) is 17.7. The van der Waals surface area contributed by atoms with E-state index in [2.05, 4.69) is 33.9 Å². The first kappa shape index (κ1) is 20.6. The Balaban J connectivity index is 2.33. The van der Waals surface area contributed by atoms with Gasteiger partial charge in [0, 0.05) is 11.5 Å². The average molecular weight is 357 g/mol. The van der Waals surface area contributed by atoms with Crippen molar-refractivity contribution in [1.82, 2.24) is 0 Å². The van der Waals surface area contributed by atoms with Crippen molar-refractivity contribution in [3.63, 3.8) is 0 Å². The van der Waals surface area contributed by atoms with E-state index in [1.54, 1.807) is 0 Å². The second kappa shape index (κ2) is 8.56. The van der Waals surface area contributed by atoms with E-state index in [1.165, 1.54) is 0 Å². The van der Waals surface area contributed by atoms with Crippen molar-refractivity contribution in [3.05, 3.63) is 29.8 Å². The molecule has 0 bridgehead atoms. The number of aliphatic hydroxyl groups excluding tert-OH is 1. The fourth-order valence-corrected chi connectivity index (χ4v) is 4.14. The first-order valence-corrected chi connectivity index (χ1v) is 12.5. The molecule has 0 amide bonds. The number of rotatable bonds is 8. The molecule has 0 saturated heterocycles. The largest absolute Gasteiger partial charge is 0.417 e. The van der Waals surface area contributed by atoms with Crippen LogP contribution >= 0.6 is 0 Å². The van der Waals surface area contributed by atoms with E-state index < -0.39 is 25.2 Å². The van der Waals surface area contributed by atoms with Crippen molar-refractivity contribution >= 4 is 19.1 Å². The third kappa shape index (κ3) is 6.87. The van der Waals surface area contributed by atoms with E-state index >= 15 is 0 Å². The summed E-state index contributed by atoms with van der Waals surface area (Å²) in [5.41, 5.74) is 1.15. The lowest BCUT2D eigenvalue weighted by Gasteiger charge is -2.36. The van der Waals surface area contributed by atoms with Gasteiger partial charge in [0.15, 0.2) is 8.32 Å². The van der Waals surface area contributed by atoms with Gasteiger partial charge in [0.2, 0.25) is 0 Å². The molecule has 3 nitrogen and oxygen atoms in total. The fraction of sp³-hybridized carbons (Fsp3) is 0.667. The maximum atomic E-state index is 12.2. The zero-order valence-corrected chi connectivity index (χ0v) is 17.2. The van der Waals surface area contributed by atoms with Crippen LogP contribution in [0.4, 0.5) is 0 Å². The summed E-state index contributed by atoms with van der Waals surface area (Å²) in [6, 6.07) is 7.65. The summed E-state index contributed by atoms with van der Waals surface area (Å²) >= 11 is 0. The van der Waals surface area contributed by atoms with Crippen LogP contribution in [0.15, 0.2) is 29.2 Å². The quantitative estimate of drug-likeness (QED) is 0.559. The topological polar surface area (TPSA) is 46.5 Å². The fourth-order valence-electron chi connectivity index (χ4n) is 1.91. The minimum atomic E-state index is -1.71. The molecule has 0 aliphatic heterocycles. The van der Waals surface area contributed by atoms with Crippen LogP contribution in [-0.2, 0) is 15.2 Å². The average Bonchev–Trinajstić information content (AvgIpc) is 2.43. The van der Waals surface area contributed by atoms with Gasteiger partial charge >= 0.3 is 0 Å². The molecule has 2 atom stereocenters. The smallest absolute Gasteiger partial charge is 0.191 e. The Labute approximate surface area is 145 Å². The molecule has 0 aliphatic carbocycles. The van der Waals surface area contributed by atoms with Crippen LogP contribution in [0.1, 0.15) is 39.2 Å². The van der Waals surface area contributed by atoms with Crippen LogP contribution < -0.4 is 0 Å². The second-order valence-corrected chi connectivity index (χ2v) is 14.0. The molecule has 1 rings (SSSR count). The highest BCUT2D eigenvalue weighted by Gasteiger charge is 2.36. The lowest BCUT2D eigenvalue weighted by molar-refractivity contribution is 0.171. The standard InChI is InChI=1S/C18H32O3SSi/c1-15-9-11-17(12-10-15)22(20)14-16(19)8-7-13-21-23(5,6)18(2,3)4/h9-12,16,19H,7-8,13-14H2,1-6H3/t16-,22?/m0/s1. The van der Waals surface area contributed by atoms with E-state index in [1.807, 2.05) is 31.2 Å². The van der Waals surface area contributed by atoms with Gasteiger partial charge in [0.05, 0.1) is 22.7 Å². The van der Waals surface area contributed by atoms with Crippen molar-refractivity contribution in [2.45, 2.75) is 69.7 Å². The van der Waals surface area contributed by atoms with Crippen LogP contribution in [-0.4, -0.2) is 36.1 Å². The summed E-state index contributed by atoms with van der Waals surface area (Å²) in [4.78, 5) is 0.784. The molecule has 1 N–H and O–H groups in total. The van der Waals surface area contributed by atoms with Crippen molar-refractivity contribution < 1.29 is 13.7 Å². The predicted molar refractivity (Wildman–Crippen MR) is 101 cm³/mol. The van der Waals surface area contributed by atoms with Gasteiger partial charge in [0.25, 0.3) is 0 Å². The van der Waals surface area contributed by atoms with E-state index in [9.17, 15) is 9.32 Å². The first-order chi connectivity index (χ1) is 10.5. The summed E-state index contributed by atoms with van der Waals surface area (Å²) < 4.78 is 18.3. The molecule has 0 saturated carbocycles. The molecule has 0 radical (unpaired) electrons. The number of benzene rings is 1. The number of hydrogen-bond donors (Lipinski definition) is 1. The van der Waals surface area contributed by atoms with Crippen LogP contribution in [0, 0.1) is 6.92 Å². The maximum Gasteiger partial charge on any atom is 0.191 e. The van der Waals surface area contributed by atoms with Gasteiger partial charge in [-0.3, -0.25) is 4.21 Å². The SMILES string of the molecule is Cc1ccc(S(=O)C[C@@H](O)CCCO[Si](C)(C)C(C)(C)C)cc1. The molecule has 0 spiro atoms. The van der Waals surface area contributed by atoms with Gasteiger partial charge in [-0.25, -0.2) is 0 Å². The number of hydrogen-bond acceptors (Lipinski definition) is 3. The highest BCUT2D eigenvalue weighted by Crippen LogP contribution is 2.36. The minimum absolute atomic E-state index is 0.207. The molecule has 1 unspecified atom stereocenters. The van der Waals surface area contributed by atoms with Crippen molar-refractivity contribution in [2.75, 3.05) is 12.4 Å². The Kier molecular flexibility index (Phi) is 7.65. The van der Waals surface area contributed by atoms with E-state index in [4.69, 9.17) is 4.43 Å². The van der Waals surface area contributed by atoms with Crippen LogP contribution in [0.25, 0.3) is 0 Å². The minimum Gasteiger partial charge on any atom is -0.417 e. The van der Waals surface area contributed by atoms with Gasteiger partial charge in [0.1, 0.15) is 0 Å². The molecule has 0 aromatic heterocycles. The molecule has 132 valence electrons. The van der Waals surface area contributed by atoms with Crippen LogP contribution in [0.5, 0.6) is 0 Å². The molecule has 23 heavy (non-hydrogen) atoms. The van der Waals surface area contributed by atoms with Gasteiger partial charge < -0.3 is 9.53 Å². The number of aryl methyl sites for hydroxylation is 1. The maximum absolute atomic E-state index is 12.2. The molecule has 0 fully saturated rings. The third-order valence-corrected chi connectivity index (χ3v) is 10.6. The first-order valence-electron chi connectivity index (χ1n) is 8.30. The second-order valence-electron chi connectivity index (χ2n) is 7.73. The summed E-state index contributed by atoms with van der Waals surface area (Å²) in [5.74, 6) is 0.295.